The zero-order valence-electron chi connectivity index (χ0n) is 9.09. The maximum atomic E-state index is 10.7. The molecule has 1 aromatic rings. The third-order valence-corrected chi connectivity index (χ3v) is 2.23. The Kier molecular flexibility index (Phi) is 4.21. The molecular formula is C10H15N3O3. The summed E-state index contributed by atoms with van der Waals surface area (Å²) < 4.78 is 0. The lowest BCUT2D eigenvalue weighted by Crippen LogP contribution is -2.21. The van der Waals surface area contributed by atoms with E-state index in [1.54, 1.807) is 6.07 Å². The summed E-state index contributed by atoms with van der Waals surface area (Å²) in [5.74, 6) is 0. The number of hydrogen-bond donors (Lipinski definition) is 2. The normalized spacial score (nSPS) is 10.7. The molecule has 0 radical (unpaired) electrons. The number of anilines is 1. The highest BCUT2D eigenvalue weighted by atomic mass is 16.6. The van der Waals surface area contributed by atoms with E-state index in [2.05, 4.69) is 0 Å². The van der Waals surface area contributed by atoms with Crippen LogP contribution in [-0.2, 0) is 6.54 Å². The van der Waals surface area contributed by atoms with Crippen molar-refractivity contribution in [3.63, 3.8) is 0 Å². The van der Waals surface area contributed by atoms with E-state index in [1.807, 2.05) is 11.9 Å². The summed E-state index contributed by atoms with van der Waals surface area (Å²) in [5.41, 5.74) is 6.38. The Balaban J connectivity index is 2.82. The molecule has 3 N–H and O–H groups in total. The van der Waals surface area contributed by atoms with E-state index in [0.717, 1.165) is 5.56 Å². The minimum absolute atomic E-state index is 0.0631. The van der Waals surface area contributed by atoms with Gasteiger partial charge in [-0.2, -0.15) is 0 Å². The first-order valence-corrected chi connectivity index (χ1v) is 4.86. The maximum Gasteiger partial charge on any atom is 0.292 e. The molecule has 0 amide bonds. The number of nitro benzene ring substituents is 1. The van der Waals surface area contributed by atoms with Crippen LogP contribution >= 0.6 is 0 Å². The predicted octanol–water partition coefficient (Wildman–Crippen LogP) is 0.601. The number of nitro groups is 1. The molecule has 6 heteroatoms. The molecule has 0 spiro atoms. The zero-order chi connectivity index (χ0) is 12.1. The van der Waals surface area contributed by atoms with Crippen molar-refractivity contribution in [1.29, 1.82) is 0 Å². The number of hydrogen-bond acceptors (Lipinski definition) is 5. The molecule has 0 fully saturated rings. The molecule has 0 heterocycles. The van der Waals surface area contributed by atoms with Crippen LogP contribution in [0, 0.1) is 10.1 Å². The summed E-state index contributed by atoms with van der Waals surface area (Å²) in [6, 6.07) is 4.74. The average Bonchev–Trinajstić information content (AvgIpc) is 2.21. The minimum atomic E-state index is -0.495. The molecule has 6 nitrogen and oxygen atoms in total. The van der Waals surface area contributed by atoms with Gasteiger partial charge in [0.15, 0.2) is 0 Å². The van der Waals surface area contributed by atoms with Crippen LogP contribution < -0.4 is 5.73 Å². The van der Waals surface area contributed by atoms with Gasteiger partial charge in [-0.1, -0.05) is 6.07 Å². The third kappa shape index (κ3) is 3.18. The third-order valence-electron chi connectivity index (χ3n) is 2.23. The number of nitrogens with two attached hydrogens (primary N) is 1. The van der Waals surface area contributed by atoms with Crippen LogP contribution in [0.15, 0.2) is 18.2 Å². The number of benzene rings is 1. The summed E-state index contributed by atoms with van der Waals surface area (Å²) in [6.45, 7) is 1.13. The molecule has 0 aliphatic heterocycles. The van der Waals surface area contributed by atoms with Crippen molar-refractivity contribution >= 4 is 11.4 Å². The molecule has 1 rings (SSSR count). The lowest BCUT2D eigenvalue weighted by molar-refractivity contribution is -0.384. The van der Waals surface area contributed by atoms with E-state index in [0.29, 0.717) is 13.1 Å². The Morgan fingerprint density at radius 2 is 2.25 bits per heavy atom. The van der Waals surface area contributed by atoms with E-state index < -0.39 is 4.92 Å². The number of aliphatic hydroxyl groups excluding tert-OH is 1. The molecule has 0 aliphatic carbocycles. The minimum Gasteiger partial charge on any atom is -0.395 e. The molecule has 88 valence electrons. The predicted molar refractivity (Wildman–Crippen MR) is 60.9 cm³/mol. The molecule has 0 bridgehead atoms. The Morgan fingerprint density at radius 1 is 1.56 bits per heavy atom. The molecule has 16 heavy (non-hydrogen) atoms. The Bertz CT molecular complexity index is 382. The van der Waals surface area contributed by atoms with Crippen LogP contribution in [0.1, 0.15) is 5.56 Å². The van der Waals surface area contributed by atoms with Gasteiger partial charge in [0.25, 0.3) is 5.69 Å². The number of rotatable bonds is 5. The summed E-state index contributed by atoms with van der Waals surface area (Å²) in [6.07, 6.45) is 0. The van der Waals surface area contributed by atoms with Crippen LogP contribution in [0.3, 0.4) is 0 Å². The Hall–Kier alpha value is -1.66. The first-order chi connectivity index (χ1) is 7.54. The highest BCUT2D eigenvalue weighted by molar-refractivity contribution is 5.59. The monoisotopic (exact) mass is 225 g/mol. The van der Waals surface area contributed by atoms with Crippen LogP contribution in [-0.4, -0.2) is 35.1 Å². The largest absolute Gasteiger partial charge is 0.395 e. The molecule has 0 aliphatic rings. The Morgan fingerprint density at radius 3 is 2.81 bits per heavy atom. The summed E-state index contributed by atoms with van der Waals surface area (Å²) in [4.78, 5) is 12.0. The lowest BCUT2D eigenvalue weighted by Gasteiger charge is -2.14. The van der Waals surface area contributed by atoms with Gasteiger partial charge in [0.1, 0.15) is 5.69 Å². The molecule has 0 saturated carbocycles. The van der Waals surface area contributed by atoms with Gasteiger partial charge in [-0.05, 0) is 18.7 Å². The van der Waals surface area contributed by atoms with Crippen LogP contribution in [0.25, 0.3) is 0 Å². The van der Waals surface area contributed by atoms with Crippen molar-refractivity contribution in [2.75, 3.05) is 25.9 Å². The van der Waals surface area contributed by atoms with Crippen LogP contribution in [0.4, 0.5) is 11.4 Å². The smallest absolute Gasteiger partial charge is 0.292 e. The van der Waals surface area contributed by atoms with E-state index in [-0.39, 0.29) is 18.0 Å². The fourth-order valence-corrected chi connectivity index (χ4v) is 1.41. The van der Waals surface area contributed by atoms with E-state index in [1.165, 1.54) is 12.1 Å². The van der Waals surface area contributed by atoms with Gasteiger partial charge in [0.2, 0.25) is 0 Å². The Labute approximate surface area is 93.4 Å². The highest BCUT2D eigenvalue weighted by Gasteiger charge is 2.12. The van der Waals surface area contributed by atoms with Crippen molar-refractivity contribution in [1.82, 2.24) is 4.90 Å². The van der Waals surface area contributed by atoms with Crippen LogP contribution in [0.2, 0.25) is 0 Å². The van der Waals surface area contributed by atoms with Crippen LogP contribution in [0.5, 0.6) is 0 Å². The second-order valence-corrected chi connectivity index (χ2v) is 3.61. The standard InChI is InChI=1S/C10H15N3O3/c1-12(4-5-14)7-8-2-3-9(11)10(6-8)13(15)16/h2-3,6,14H,4-5,7,11H2,1H3. The number of nitrogens with zero attached hydrogens (tertiary/aromatic N) is 2. The molecule has 0 saturated heterocycles. The van der Waals surface area contributed by atoms with Gasteiger partial charge in [0, 0.05) is 19.2 Å². The van der Waals surface area contributed by atoms with Gasteiger partial charge in [0.05, 0.1) is 11.5 Å². The molecule has 0 atom stereocenters. The summed E-state index contributed by atoms with van der Waals surface area (Å²) in [5, 5.41) is 19.4. The average molecular weight is 225 g/mol. The molecule has 0 unspecified atom stereocenters. The van der Waals surface area contributed by atoms with E-state index >= 15 is 0 Å². The maximum absolute atomic E-state index is 10.7. The number of likely N-dealkylation sites (N-methyl/N-ethyl adjacent to an activating group) is 1. The second-order valence-electron chi connectivity index (χ2n) is 3.61. The number of nitrogen functional groups attached to an aromatic ring is 1. The fourth-order valence-electron chi connectivity index (χ4n) is 1.41. The van der Waals surface area contributed by atoms with Gasteiger partial charge in [-0.3, -0.25) is 15.0 Å². The summed E-state index contributed by atoms with van der Waals surface area (Å²) in [7, 11) is 1.83. The quantitative estimate of drug-likeness (QED) is 0.435. The second kappa shape index (κ2) is 5.43. The van der Waals surface area contributed by atoms with Crippen molar-refractivity contribution in [2.45, 2.75) is 6.54 Å². The van der Waals surface area contributed by atoms with Gasteiger partial charge in [-0.15, -0.1) is 0 Å². The van der Waals surface area contributed by atoms with E-state index in [4.69, 9.17) is 10.8 Å². The summed E-state index contributed by atoms with van der Waals surface area (Å²) >= 11 is 0. The van der Waals surface area contributed by atoms with Gasteiger partial charge < -0.3 is 10.8 Å². The lowest BCUT2D eigenvalue weighted by atomic mass is 10.1. The van der Waals surface area contributed by atoms with Gasteiger partial charge in [-0.25, -0.2) is 0 Å². The van der Waals surface area contributed by atoms with Crippen molar-refractivity contribution in [3.05, 3.63) is 33.9 Å². The molecule has 0 aromatic heterocycles. The van der Waals surface area contributed by atoms with Crippen molar-refractivity contribution in [3.8, 4) is 0 Å². The van der Waals surface area contributed by atoms with Crippen molar-refractivity contribution in [2.24, 2.45) is 0 Å². The van der Waals surface area contributed by atoms with Crippen molar-refractivity contribution < 1.29 is 10.0 Å². The zero-order valence-corrected chi connectivity index (χ0v) is 9.09. The fraction of sp³-hybridized carbons (Fsp3) is 0.400. The number of aliphatic hydroxyl groups is 1. The topological polar surface area (TPSA) is 92.6 Å². The molecule has 1 aromatic carbocycles. The SMILES string of the molecule is CN(CCO)Cc1ccc(N)c([N+](=O)[O-])c1. The first-order valence-electron chi connectivity index (χ1n) is 4.86. The van der Waals surface area contributed by atoms with Gasteiger partial charge >= 0.3 is 0 Å². The van der Waals surface area contributed by atoms with E-state index in [9.17, 15) is 10.1 Å². The molecular weight excluding hydrogens is 210 g/mol. The first kappa shape index (κ1) is 12.4. The highest BCUT2D eigenvalue weighted by Crippen LogP contribution is 2.22.